The second-order valence-electron chi connectivity index (χ2n) is 4.85. The minimum absolute atomic E-state index is 0.0152. The lowest BCUT2D eigenvalue weighted by Crippen LogP contribution is -2.25. The van der Waals surface area contributed by atoms with Crippen LogP contribution in [-0.2, 0) is 10.2 Å². The van der Waals surface area contributed by atoms with Crippen LogP contribution >= 0.6 is 23.4 Å². The second kappa shape index (κ2) is 6.99. The molecular formula is C11H19ClN4OS. The third kappa shape index (κ3) is 5.27. The number of nitrogens with zero attached hydrogens (tertiary/aromatic N) is 2. The molecule has 1 aromatic rings. The molecule has 1 amide bonds. The summed E-state index contributed by atoms with van der Waals surface area (Å²) in [6.07, 6.45) is 0.364. The summed E-state index contributed by atoms with van der Waals surface area (Å²) in [7, 11) is 0. The van der Waals surface area contributed by atoms with Gasteiger partial charge in [0.15, 0.2) is 11.0 Å². The zero-order valence-electron chi connectivity index (χ0n) is 10.9. The minimum atomic E-state index is -0.0517. The molecule has 0 spiro atoms. The Hall–Kier alpha value is -0.750. The number of carbonyl (C=O) groups excluding carboxylic acids is 1. The predicted molar refractivity (Wildman–Crippen MR) is 74.2 cm³/mol. The Labute approximate surface area is 116 Å². The van der Waals surface area contributed by atoms with Crippen molar-refractivity contribution in [3.8, 4) is 0 Å². The molecule has 2 N–H and O–H groups in total. The second-order valence-corrected chi connectivity index (χ2v) is 6.31. The third-order valence-corrected chi connectivity index (χ3v) is 3.17. The molecule has 0 fully saturated rings. The molecule has 18 heavy (non-hydrogen) atoms. The number of hydrogen-bond acceptors (Lipinski definition) is 4. The Morgan fingerprint density at radius 1 is 1.50 bits per heavy atom. The van der Waals surface area contributed by atoms with Crippen molar-refractivity contribution in [1.82, 2.24) is 20.5 Å². The maximum absolute atomic E-state index is 11.1. The van der Waals surface area contributed by atoms with E-state index in [1.807, 2.05) is 0 Å². The summed E-state index contributed by atoms with van der Waals surface area (Å²) in [5.41, 5.74) is -0.0517. The molecule has 1 rings (SSSR count). The number of amides is 1. The van der Waals surface area contributed by atoms with Crippen LogP contribution in [0, 0.1) is 0 Å². The van der Waals surface area contributed by atoms with E-state index in [-0.39, 0.29) is 11.3 Å². The average molecular weight is 291 g/mol. The van der Waals surface area contributed by atoms with Crippen LogP contribution in [-0.4, -0.2) is 39.3 Å². The van der Waals surface area contributed by atoms with Crippen LogP contribution in [0.2, 0.25) is 0 Å². The van der Waals surface area contributed by atoms with Gasteiger partial charge in [-0.05, 0) is 0 Å². The fourth-order valence-electron chi connectivity index (χ4n) is 1.16. The van der Waals surface area contributed by atoms with Crippen LogP contribution < -0.4 is 5.32 Å². The molecule has 0 aromatic carbocycles. The van der Waals surface area contributed by atoms with Crippen LogP contribution in [0.5, 0.6) is 0 Å². The van der Waals surface area contributed by atoms with Gasteiger partial charge in [-0.15, -0.1) is 11.6 Å². The molecule has 0 saturated carbocycles. The largest absolute Gasteiger partial charge is 0.355 e. The molecular weight excluding hydrogens is 272 g/mol. The fraction of sp³-hybridized carbons (Fsp3) is 0.727. The standard InChI is InChI=1S/C11H19ClN4OS/c1-11(2,3)9-14-10(16-15-9)18-7-6-13-8(17)4-5-12/h4-7H2,1-3H3,(H,13,17)(H,14,15,16). The van der Waals surface area contributed by atoms with Gasteiger partial charge in [0.05, 0.1) is 0 Å². The Morgan fingerprint density at radius 3 is 2.78 bits per heavy atom. The SMILES string of the molecule is CC(C)(C)c1n[nH]c(SCCNC(=O)CCCl)n1. The molecule has 0 bridgehead atoms. The molecule has 0 saturated heterocycles. The maximum Gasteiger partial charge on any atom is 0.221 e. The van der Waals surface area contributed by atoms with E-state index < -0.39 is 0 Å². The maximum atomic E-state index is 11.1. The molecule has 7 heteroatoms. The highest BCUT2D eigenvalue weighted by molar-refractivity contribution is 7.99. The molecule has 1 heterocycles. The van der Waals surface area contributed by atoms with Crippen molar-refractivity contribution in [3.63, 3.8) is 0 Å². The highest BCUT2D eigenvalue weighted by atomic mass is 35.5. The first kappa shape index (κ1) is 15.3. The summed E-state index contributed by atoms with van der Waals surface area (Å²) in [6, 6.07) is 0. The number of aromatic amines is 1. The van der Waals surface area contributed by atoms with Crippen molar-refractivity contribution in [3.05, 3.63) is 5.82 Å². The number of H-pyrrole nitrogens is 1. The number of alkyl halides is 1. The summed E-state index contributed by atoms with van der Waals surface area (Å²) in [6.45, 7) is 6.80. The van der Waals surface area contributed by atoms with Crippen LogP contribution in [0.4, 0.5) is 0 Å². The van der Waals surface area contributed by atoms with Gasteiger partial charge in [0.2, 0.25) is 5.91 Å². The van der Waals surface area contributed by atoms with Crippen LogP contribution in [0.3, 0.4) is 0 Å². The quantitative estimate of drug-likeness (QED) is 0.477. The zero-order chi connectivity index (χ0) is 13.6. The molecule has 1 aromatic heterocycles. The summed E-state index contributed by atoms with van der Waals surface area (Å²) in [4.78, 5) is 15.5. The van der Waals surface area contributed by atoms with Gasteiger partial charge in [-0.1, -0.05) is 32.5 Å². The van der Waals surface area contributed by atoms with Gasteiger partial charge in [0, 0.05) is 30.0 Å². The van der Waals surface area contributed by atoms with Crippen molar-refractivity contribution < 1.29 is 4.79 Å². The normalized spacial score (nSPS) is 11.6. The van der Waals surface area contributed by atoms with Gasteiger partial charge in [-0.25, -0.2) is 4.98 Å². The van der Waals surface area contributed by atoms with Crippen molar-refractivity contribution in [1.29, 1.82) is 0 Å². The Morgan fingerprint density at radius 2 is 2.22 bits per heavy atom. The Balaban J connectivity index is 2.28. The van der Waals surface area contributed by atoms with Gasteiger partial charge in [0.25, 0.3) is 0 Å². The van der Waals surface area contributed by atoms with E-state index in [2.05, 4.69) is 41.3 Å². The molecule has 102 valence electrons. The van der Waals surface area contributed by atoms with E-state index in [4.69, 9.17) is 11.6 Å². The van der Waals surface area contributed by atoms with E-state index in [1.165, 1.54) is 0 Å². The minimum Gasteiger partial charge on any atom is -0.355 e. The summed E-state index contributed by atoms with van der Waals surface area (Å²) >= 11 is 7.00. The van der Waals surface area contributed by atoms with Crippen LogP contribution in [0.25, 0.3) is 0 Å². The molecule has 0 radical (unpaired) electrons. The summed E-state index contributed by atoms with van der Waals surface area (Å²) in [5, 5.41) is 10.6. The fourth-order valence-corrected chi connectivity index (χ4v) is 1.99. The number of nitrogens with one attached hydrogen (secondary N) is 2. The highest BCUT2D eigenvalue weighted by Crippen LogP contribution is 2.20. The van der Waals surface area contributed by atoms with E-state index in [1.54, 1.807) is 11.8 Å². The number of halogens is 1. The monoisotopic (exact) mass is 290 g/mol. The highest BCUT2D eigenvalue weighted by Gasteiger charge is 2.19. The zero-order valence-corrected chi connectivity index (χ0v) is 12.5. The smallest absolute Gasteiger partial charge is 0.221 e. The van der Waals surface area contributed by atoms with E-state index in [0.29, 0.717) is 18.8 Å². The van der Waals surface area contributed by atoms with Crippen LogP contribution in [0.1, 0.15) is 33.0 Å². The molecule has 5 nitrogen and oxygen atoms in total. The number of aromatic nitrogens is 3. The van der Waals surface area contributed by atoms with E-state index in [9.17, 15) is 4.79 Å². The number of thioether (sulfide) groups is 1. The first-order chi connectivity index (χ1) is 8.43. The van der Waals surface area contributed by atoms with Gasteiger partial charge in [-0.2, -0.15) is 5.10 Å². The van der Waals surface area contributed by atoms with Gasteiger partial charge < -0.3 is 5.32 Å². The predicted octanol–water partition coefficient (Wildman–Crippen LogP) is 1.94. The van der Waals surface area contributed by atoms with Gasteiger partial charge in [0.1, 0.15) is 0 Å². The van der Waals surface area contributed by atoms with E-state index >= 15 is 0 Å². The van der Waals surface area contributed by atoms with Crippen molar-refractivity contribution >= 4 is 29.3 Å². The summed E-state index contributed by atoms with van der Waals surface area (Å²) in [5.74, 6) is 1.90. The average Bonchev–Trinajstić information content (AvgIpc) is 2.73. The first-order valence-electron chi connectivity index (χ1n) is 5.82. The van der Waals surface area contributed by atoms with Gasteiger partial charge in [-0.3, -0.25) is 9.89 Å². The number of carbonyl (C=O) groups is 1. The van der Waals surface area contributed by atoms with Crippen LogP contribution in [0.15, 0.2) is 5.16 Å². The Bertz CT molecular complexity index is 389. The lowest BCUT2D eigenvalue weighted by molar-refractivity contribution is -0.120. The lowest BCUT2D eigenvalue weighted by atomic mass is 9.96. The third-order valence-electron chi connectivity index (χ3n) is 2.12. The molecule has 0 aliphatic carbocycles. The lowest BCUT2D eigenvalue weighted by Gasteiger charge is -2.11. The number of rotatable bonds is 6. The number of hydrogen-bond donors (Lipinski definition) is 2. The van der Waals surface area contributed by atoms with Crippen molar-refractivity contribution in [2.45, 2.75) is 37.8 Å². The first-order valence-corrected chi connectivity index (χ1v) is 7.34. The van der Waals surface area contributed by atoms with E-state index in [0.717, 1.165) is 16.7 Å². The van der Waals surface area contributed by atoms with Crippen molar-refractivity contribution in [2.75, 3.05) is 18.2 Å². The van der Waals surface area contributed by atoms with Crippen molar-refractivity contribution in [2.24, 2.45) is 0 Å². The van der Waals surface area contributed by atoms with Gasteiger partial charge >= 0.3 is 0 Å². The molecule has 0 aliphatic heterocycles. The summed E-state index contributed by atoms with van der Waals surface area (Å²) < 4.78 is 0. The Kier molecular flexibility index (Phi) is 5.95. The topological polar surface area (TPSA) is 70.7 Å². The molecule has 0 unspecified atom stereocenters. The molecule has 0 aliphatic rings. The molecule has 0 atom stereocenters.